The predicted octanol–water partition coefficient (Wildman–Crippen LogP) is 1.91. The SMILES string of the molecule is CCNC(=NCc1ccc(S(N)(=O)=O)cc1)NCCCn1nc(C)cc1C.I. The molecule has 0 bridgehead atoms. The molecule has 0 aliphatic heterocycles. The van der Waals surface area contributed by atoms with Gasteiger partial charge in [0.25, 0.3) is 0 Å². The van der Waals surface area contributed by atoms with Crippen LogP contribution >= 0.6 is 24.0 Å². The molecule has 0 atom stereocenters. The van der Waals surface area contributed by atoms with Gasteiger partial charge in [-0.15, -0.1) is 24.0 Å². The first-order chi connectivity index (χ1) is 12.8. The van der Waals surface area contributed by atoms with Crippen molar-refractivity contribution in [3.63, 3.8) is 0 Å². The molecule has 0 amide bonds. The van der Waals surface area contributed by atoms with Crippen molar-refractivity contribution in [2.24, 2.45) is 10.1 Å². The Labute approximate surface area is 184 Å². The Morgan fingerprint density at radius 1 is 1.21 bits per heavy atom. The van der Waals surface area contributed by atoms with Crippen molar-refractivity contribution in [1.82, 2.24) is 20.4 Å². The molecule has 0 aliphatic rings. The van der Waals surface area contributed by atoms with Crippen LogP contribution in [-0.4, -0.2) is 37.2 Å². The summed E-state index contributed by atoms with van der Waals surface area (Å²) < 4.78 is 24.6. The number of hydrogen-bond acceptors (Lipinski definition) is 4. The minimum absolute atomic E-state index is 0. The van der Waals surface area contributed by atoms with Gasteiger partial charge in [0.05, 0.1) is 17.1 Å². The highest BCUT2D eigenvalue weighted by Gasteiger charge is 2.06. The lowest BCUT2D eigenvalue weighted by Gasteiger charge is -2.12. The number of aliphatic imine (C=N–C) groups is 1. The number of benzene rings is 1. The van der Waals surface area contributed by atoms with E-state index in [0.717, 1.165) is 49.0 Å². The molecule has 156 valence electrons. The van der Waals surface area contributed by atoms with Gasteiger partial charge in [-0.05, 0) is 51.0 Å². The molecule has 0 radical (unpaired) electrons. The molecule has 2 rings (SSSR count). The summed E-state index contributed by atoms with van der Waals surface area (Å²) in [6.07, 6.45) is 0.926. The number of rotatable bonds is 8. The van der Waals surface area contributed by atoms with Crippen molar-refractivity contribution in [2.45, 2.75) is 45.2 Å². The van der Waals surface area contributed by atoms with E-state index in [9.17, 15) is 8.42 Å². The maximum Gasteiger partial charge on any atom is 0.238 e. The molecule has 1 aromatic carbocycles. The third-order valence-corrected chi connectivity index (χ3v) is 4.89. The Kier molecular flexibility index (Phi) is 9.90. The second-order valence-corrected chi connectivity index (χ2v) is 7.88. The van der Waals surface area contributed by atoms with E-state index in [1.807, 2.05) is 18.5 Å². The van der Waals surface area contributed by atoms with Crippen LogP contribution in [0.15, 0.2) is 40.2 Å². The second kappa shape index (κ2) is 11.4. The molecule has 0 spiro atoms. The van der Waals surface area contributed by atoms with Crippen molar-refractivity contribution in [3.8, 4) is 0 Å². The summed E-state index contributed by atoms with van der Waals surface area (Å²) in [5.74, 6) is 0.724. The molecule has 0 saturated carbocycles. The standard InChI is InChI=1S/C18H28N6O2S.HI/c1-4-20-18(21-10-5-11-24-15(3)12-14(2)23-24)22-13-16-6-8-17(9-7-16)27(19,25)26;/h6-9,12H,4-5,10-11,13H2,1-3H3,(H2,19,25,26)(H2,20,21,22);1H. The summed E-state index contributed by atoms with van der Waals surface area (Å²) in [5, 5.41) is 16.1. The molecule has 1 heterocycles. The summed E-state index contributed by atoms with van der Waals surface area (Å²) in [7, 11) is -3.67. The highest BCUT2D eigenvalue weighted by molar-refractivity contribution is 14.0. The van der Waals surface area contributed by atoms with Gasteiger partial charge >= 0.3 is 0 Å². The van der Waals surface area contributed by atoms with Crippen LogP contribution in [0.25, 0.3) is 0 Å². The van der Waals surface area contributed by atoms with Crippen LogP contribution in [-0.2, 0) is 23.1 Å². The zero-order valence-electron chi connectivity index (χ0n) is 16.5. The number of aryl methyl sites for hydroxylation is 3. The van der Waals surface area contributed by atoms with Crippen LogP contribution < -0.4 is 15.8 Å². The van der Waals surface area contributed by atoms with Gasteiger partial charge in [0.2, 0.25) is 10.0 Å². The minimum Gasteiger partial charge on any atom is -0.357 e. The Balaban J connectivity index is 0.00000392. The topological polar surface area (TPSA) is 114 Å². The molecule has 28 heavy (non-hydrogen) atoms. The average molecular weight is 520 g/mol. The Morgan fingerprint density at radius 2 is 1.89 bits per heavy atom. The number of sulfonamides is 1. The Morgan fingerprint density at radius 3 is 2.43 bits per heavy atom. The van der Waals surface area contributed by atoms with Crippen LogP contribution in [0.4, 0.5) is 0 Å². The van der Waals surface area contributed by atoms with Crippen molar-refractivity contribution >= 4 is 40.0 Å². The fourth-order valence-corrected chi connectivity index (χ4v) is 3.15. The first-order valence-corrected chi connectivity index (χ1v) is 10.5. The quantitative estimate of drug-likeness (QED) is 0.213. The highest BCUT2D eigenvalue weighted by atomic mass is 127. The van der Waals surface area contributed by atoms with Crippen LogP contribution in [0.2, 0.25) is 0 Å². The van der Waals surface area contributed by atoms with E-state index in [2.05, 4.69) is 33.7 Å². The van der Waals surface area contributed by atoms with Gasteiger partial charge < -0.3 is 10.6 Å². The molecule has 0 fully saturated rings. The molecule has 2 aromatic rings. The Bertz CT molecular complexity index is 878. The van der Waals surface area contributed by atoms with Gasteiger partial charge in [0, 0.05) is 25.3 Å². The lowest BCUT2D eigenvalue weighted by atomic mass is 10.2. The lowest BCUT2D eigenvalue weighted by Crippen LogP contribution is -2.38. The number of guanidine groups is 1. The summed E-state index contributed by atoms with van der Waals surface area (Å²) in [5.41, 5.74) is 3.10. The smallest absolute Gasteiger partial charge is 0.238 e. The third kappa shape index (κ3) is 7.76. The number of nitrogens with two attached hydrogens (primary N) is 1. The maximum absolute atomic E-state index is 11.3. The molecule has 0 saturated heterocycles. The number of aromatic nitrogens is 2. The highest BCUT2D eigenvalue weighted by Crippen LogP contribution is 2.09. The van der Waals surface area contributed by atoms with Gasteiger partial charge in [-0.2, -0.15) is 5.10 Å². The van der Waals surface area contributed by atoms with Crippen molar-refractivity contribution in [2.75, 3.05) is 13.1 Å². The molecule has 0 aliphatic carbocycles. The second-order valence-electron chi connectivity index (χ2n) is 6.31. The van der Waals surface area contributed by atoms with E-state index < -0.39 is 10.0 Å². The summed E-state index contributed by atoms with van der Waals surface area (Å²) in [6, 6.07) is 8.50. The van der Waals surface area contributed by atoms with Crippen LogP contribution in [0, 0.1) is 13.8 Å². The molecular weight excluding hydrogens is 491 g/mol. The van der Waals surface area contributed by atoms with E-state index in [1.54, 1.807) is 12.1 Å². The molecular formula is C18H29IN6O2S. The fraction of sp³-hybridized carbons (Fsp3) is 0.444. The molecule has 10 heteroatoms. The van der Waals surface area contributed by atoms with Gasteiger partial charge in [-0.25, -0.2) is 18.5 Å². The van der Waals surface area contributed by atoms with E-state index in [0.29, 0.717) is 6.54 Å². The van der Waals surface area contributed by atoms with Gasteiger partial charge in [-0.1, -0.05) is 12.1 Å². The Hall–Kier alpha value is -1.66. The monoisotopic (exact) mass is 520 g/mol. The van der Waals surface area contributed by atoms with E-state index >= 15 is 0 Å². The molecule has 0 unspecified atom stereocenters. The molecule has 1 aromatic heterocycles. The zero-order valence-corrected chi connectivity index (χ0v) is 19.6. The fourth-order valence-electron chi connectivity index (χ4n) is 2.63. The predicted molar refractivity (Wildman–Crippen MR) is 122 cm³/mol. The van der Waals surface area contributed by atoms with E-state index in [4.69, 9.17) is 5.14 Å². The summed E-state index contributed by atoms with van der Waals surface area (Å²) >= 11 is 0. The average Bonchev–Trinajstić information content (AvgIpc) is 2.93. The number of nitrogens with zero attached hydrogens (tertiary/aromatic N) is 3. The van der Waals surface area contributed by atoms with E-state index in [-0.39, 0.29) is 28.9 Å². The normalized spacial score (nSPS) is 11.8. The summed E-state index contributed by atoms with van der Waals surface area (Å²) in [4.78, 5) is 4.63. The molecule has 4 N–H and O–H groups in total. The largest absolute Gasteiger partial charge is 0.357 e. The number of hydrogen-bond donors (Lipinski definition) is 3. The van der Waals surface area contributed by atoms with Crippen LogP contribution in [0.3, 0.4) is 0 Å². The summed E-state index contributed by atoms with van der Waals surface area (Å²) in [6.45, 7) is 8.88. The minimum atomic E-state index is -3.67. The zero-order chi connectivity index (χ0) is 19.9. The number of primary sulfonamides is 1. The third-order valence-electron chi connectivity index (χ3n) is 3.96. The number of halogens is 1. The maximum atomic E-state index is 11.3. The van der Waals surface area contributed by atoms with Crippen molar-refractivity contribution in [1.29, 1.82) is 0 Å². The number of nitrogens with one attached hydrogen (secondary N) is 2. The van der Waals surface area contributed by atoms with Gasteiger partial charge in [-0.3, -0.25) is 4.68 Å². The molecule has 8 nitrogen and oxygen atoms in total. The van der Waals surface area contributed by atoms with Gasteiger partial charge in [0.1, 0.15) is 0 Å². The van der Waals surface area contributed by atoms with E-state index in [1.165, 1.54) is 12.1 Å². The first-order valence-electron chi connectivity index (χ1n) is 8.94. The van der Waals surface area contributed by atoms with Gasteiger partial charge in [0.15, 0.2) is 5.96 Å². The van der Waals surface area contributed by atoms with Crippen LogP contribution in [0.1, 0.15) is 30.3 Å². The van der Waals surface area contributed by atoms with Crippen molar-refractivity contribution < 1.29 is 8.42 Å². The first kappa shape index (κ1) is 24.4. The van der Waals surface area contributed by atoms with Crippen molar-refractivity contribution in [3.05, 3.63) is 47.3 Å². The lowest BCUT2D eigenvalue weighted by molar-refractivity contribution is 0.555. The van der Waals surface area contributed by atoms with Crippen LogP contribution in [0.5, 0.6) is 0 Å².